The zero-order valence-corrected chi connectivity index (χ0v) is 12.4. The molecule has 4 heteroatoms. The van der Waals surface area contributed by atoms with Gasteiger partial charge >= 0.3 is 6.09 Å². The van der Waals surface area contributed by atoms with Crippen molar-refractivity contribution in [1.29, 1.82) is 0 Å². The molecule has 0 heterocycles. The van der Waals surface area contributed by atoms with Gasteiger partial charge in [-0.1, -0.05) is 11.8 Å². The van der Waals surface area contributed by atoms with Crippen LogP contribution in [0.2, 0.25) is 0 Å². The molecule has 0 atom stereocenters. The van der Waals surface area contributed by atoms with E-state index in [0.717, 1.165) is 11.3 Å². The Labute approximate surface area is 120 Å². The summed E-state index contributed by atoms with van der Waals surface area (Å²) in [4.78, 5) is 11.4. The molecular weight excluding hydrogens is 254 g/mol. The maximum absolute atomic E-state index is 11.4. The molecule has 0 unspecified atom stereocenters. The Balaban J connectivity index is 2.30. The third-order valence-corrected chi connectivity index (χ3v) is 2.24. The lowest BCUT2D eigenvalue weighted by atomic mass is 10.2. The molecule has 0 aromatic heterocycles. The van der Waals surface area contributed by atoms with Crippen LogP contribution in [0.3, 0.4) is 0 Å². The van der Waals surface area contributed by atoms with Gasteiger partial charge in [-0.2, -0.15) is 0 Å². The van der Waals surface area contributed by atoms with Gasteiger partial charge in [0, 0.05) is 18.5 Å². The first-order chi connectivity index (χ1) is 9.40. The highest BCUT2D eigenvalue weighted by Crippen LogP contribution is 2.10. The summed E-state index contributed by atoms with van der Waals surface area (Å²) in [5, 5.41) is 2.66. The molecule has 0 bridgehead atoms. The number of hydrogen-bond donors (Lipinski definition) is 1. The minimum absolute atomic E-state index is 0.413. The lowest BCUT2D eigenvalue weighted by Crippen LogP contribution is -2.32. The number of benzene rings is 1. The van der Waals surface area contributed by atoms with Crippen LogP contribution in [-0.2, 0) is 4.74 Å². The summed E-state index contributed by atoms with van der Waals surface area (Å²) in [6.45, 7) is 5.96. The van der Waals surface area contributed by atoms with Gasteiger partial charge in [0.05, 0.1) is 7.11 Å². The van der Waals surface area contributed by atoms with Crippen molar-refractivity contribution in [3.63, 3.8) is 0 Å². The number of amides is 1. The molecule has 1 aromatic rings. The molecule has 0 fully saturated rings. The molecule has 0 aliphatic heterocycles. The van der Waals surface area contributed by atoms with Gasteiger partial charge in [-0.25, -0.2) is 4.79 Å². The van der Waals surface area contributed by atoms with E-state index < -0.39 is 11.7 Å². The number of carbonyl (C=O) groups is 1. The molecule has 1 rings (SSSR count). The lowest BCUT2D eigenvalue weighted by Gasteiger charge is -2.19. The average molecular weight is 275 g/mol. The first-order valence-electron chi connectivity index (χ1n) is 6.50. The van der Waals surface area contributed by atoms with E-state index in [-0.39, 0.29) is 0 Å². The summed E-state index contributed by atoms with van der Waals surface area (Å²) < 4.78 is 10.2. The highest BCUT2D eigenvalue weighted by molar-refractivity contribution is 5.67. The van der Waals surface area contributed by atoms with Gasteiger partial charge in [0.15, 0.2) is 0 Å². The minimum Gasteiger partial charge on any atom is -0.497 e. The molecule has 1 N–H and O–H groups in total. The third-order valence-electron chi connectivity index (χ3n) is 2.24. The van der Waals surface area contributed by atoms with Crippen molar-refractivity contribution < 1.29 is 14.3 Å². The molecule has 20 heavy (non-hydrogen) atoms. The predicted octanol–water partition coefficient (Wildman–Crippen LogP) is 2.96. The molecule has 0 radical (unpaired) electrons. The second-order valence-corrected chi connectivity index (χ2v) is 5.21. The van der Waals surface area contributed by atoms with Gasteiger partial charge < -0.3 is 14.8 Å². The summed E-state index contributed by atoms with van der Waals surface area (Å²) in [5.41, 5.74) is 0.446. The van der Waals surface area contributed by atoms with E-state index in [4.69, 9.17) is 9.47 Å². The number of hydrogen-bond acceptors (Lipinski definition) is 3. The van der Waals surface area contributed by atoms with Crippen LogP contribution in [0.4, 0.5) is 4.79 Å². The number of rotatable bonds is 3. The van der Waals surface area contributed by atoms with Crippen LogP contribution >= 0.6 is 0 Å². The molecule has 0 spiro atoms. The largest absolute Gasteiger partial charge is 0.497 e. The van der Waals surface area contributed by atoms with Crippen LogP contribution in [0.5, 0.6) is 5.75 Å². The van der Waals surface area contributed by atoms with E-state index in [2.05, 4.69) is 17.2 Å². The van der Waals surface area contributed by atoms with Gasteiger partial charge in [-0.3, -0.25) is 0 Å². The number of methoxy groups -OCH3 is 1. The maximum Gasteiger partial charge on any atom is 0.407 e. The molecule has 0 saturated heterocycles. The second kappa shape index (κ2) is 7.44. The van der Waals surface area contributed by atoms with Crippen molar-refractivity contribution in [3.05, 3.63) is 29.8 Å². The van der Waals surface area contributed by atoms with Gasteiger partial charge in [0.25, 0.3) is 0 Å². The summed E-state index contributed by atoms with van der Waals surface area (Å²) in [6.07, 6.45) is 0.161. The maximum atomic E-state index is 11.4. The molecule has 0 aliphatic rings. The van der Waals surface area contributed by atoms with Crippen LogP contribution in [0, 0.1) is 11.8 Å². The molecule has 1 amide bonds. The van der Waals surface area contributed by atoms with E-state index in [1.807, 2.05) is 45.0 Å². The van der Waals surface area contributed by atoms with E-state index in [1.54, 1.807) is 7.11 Å². The molecule has 4 nitrogen and oxygen atoms in total. The van der Waals surface area contributed by atoms with Crippen molar-refractivity contribution in [2.24, 2.45) is 0 Å². The lowest BCUT2D eigenvalue weighted by molar-refractivity contribution is 0.0529. The van der Waals surface area contributed by atoms with Crippen molar-refractivity contribution in [2.75, 3.05) is 13.7 Å². The number of nitrogens with one attached hydrogen (secondary N) is 1. The first kappa shape index (κ1) is 15.9. The normalized spacial score (nSPS) is 10.2. The predicted molar refractivity (Wildman–Crippen MR) is 78.7 cm³/mol. The van der Waals surface area contributed by atoms with Crippen molar-refractivity contribution in [2.45, 2.75) is 32.8 Å². The fourth-order valence-electron chi connectivity index (χ4n) is 1.38. The Morgan fingerprint density at radius 1 is 1.25 bits per heavy atom. The van der Waals surface area contributed by atoms with Gasteiger partial charge in [0.2, 0.25) is 0 Å². The Kier molecular flexibility index (Phi) is 5.92. The quantitative estimate of drug-likeness (QED) is 0.681. The monoisotopic (exact) mass is 275 g/mol. The van der Waals surface area contributed by atoms with Crippen molar-refractivity contribution >= 4 is 6.09 Å². The molecule has 0 aliphatic carbocycles. The topological polar surface area (TPSA) is 47.6 Å². The Hall–Kier alpha value is -2.15. The van der Waals surface area contributed by atoms with Crippen molar-refractivity contribution in [3.8, 4) is 17.6 Å². The Bertz CT molecular complexity index is 489. The van der Waals surface area contributed by atoms with Crippen LogP contribution < -0.4 is 10.1 Å². The van der Waals surface area contributed by atoms with Crippen LogP contribution in [0.25, 0.3) is 0 Å². The SMILES string of the molecule is COc1ccc(C#CCCNC(=O)OC(C)(C)C)cc1. The fraction of sp³-hybridized carbons (Fsp3) is 0.438. The van der Waals surface area contributed by atoms with E-state index in [0.29, 0.717) is 13.0 Å². The molecular formula is C16H21NO3. The highest BCUT2D eigenvalue weighted by Gasteiger charge is 2.15. The summed E-state index contributed by atoms with van der Waals surface area (Å²) in [5.74, 6) is 6.82. The van der Waals surface area contributed by atoms with Crippen LogP contribution in [-0.4, -0.2) is 25.3 Å². The number of alkyl carbamates (subject to hydrolysis) is 1. The smallest absolute Gasteiger partial charge is 0.407 e. The summed E-state index contributed by atoms with van der Waals surface area (Å²) in [7, 11) is 1.63. The van der Waals surface area contributed by atoms with Gasteiger partial charge in [-0.05, 0) is 45.0 Å². The summed E-state index contributed by atoms with van der Waals surface area (Å²) >= 11 is 0. The van der Waals surface area contributed by atoms with Gasteiger partial charge in [-0.15, -0.1) is 0 Å². The zero-order valence-electron chi connectivity index (χ0n) is 12.4. The molecule has 0 saturated carbocycles. The van der Waals surface area contributed by atoms with E-state index >= 15 is 0 Å². The second-order valence-electron chi connectivity index (χ2n) is 5.21. The Morgan fingerprint density at radius 2 is 1.90 bits per heavy atom. The first-order valence-corrected chi connectivity index (χ1v) is 6.50. The van der Waals surface area contributed by atoms with Crippen LogP contribution in [0.1, 0.15) is 32.8 Å². The van der Waals surface area contributed by atoms with E-state index in [1.165, 1.54) is 0 Å². The number of ether oxygens (including phenoxy) is 2. The summed E-state index contributed by atoms with van der Waals surface area (Å²) in [6, 6.07) is 7.52. The minimum atomic E-state index is -0.473. The number of carbonyl (C=O) groups excluding carboxylic acids is 1. The molecule has 1 aromatic carbocycles. The van der Waals surface area contributed by atoms with Gasteiger partial charge in [0.1, 0.15) is 11.4 Å². The highest BCUT2D eigenvalue weighted by atomic mass is 16.6. The van der Waals surface area contributed by atoms with E-state index in [9.17, 15) is 4.79 Å². The van der Waals surface area contributed by atoms with Crippen molar-refractivity contribution in [1.82, 2.24) is 5.32 Å². The average Bonchev–Trinajstić information content (AvgIpc) is 2.37. The molecule has 108 valence electrons. The standard InChI is InChI=1S/C16H21NO3/c1-16(2,3)20-15(18)17-12-6-5-7-13-8-10-14(19-4)11-9-13/h8-11H,6,12H2,1-4H3,(H,17,18). The van der Waals surface area contributed by atoms with Crippen LogP contribution in [0.15, 0.2) is 24.3 Å². The fourth-order valence-corrected chi connectivity index (χ4v) is 1.38. The Morgan fingerprint density at radius 3 is 2.45 bits per heavy atom. The zero-order chi connectivity index (χ0) is 15.0. The third kappa shape index (κ3) is 6.69.